The van der Waals surface area contributed by atoms with E-state index in [-0.39, 0.29) is 0 Å². The second-order valence-corrected chi connectivity index (χ2v) is 2.79. The highest BCUT2D eigenvalue weighted by Crippen LogP contribution is 2.16. The van der Waals surface area contributed by atoms with Crippen LogP contribution in [0.1, 0.15) is 31.2 Å². The summed E-state index contributed by atoms with van der Waals surface area (Å²) in [5.74, 6) is 0.967. The van der Waals surface area contributed by atoms with Gasteiger partial charge in [-0.3, -0.25) is 0 Å². The molecule has 0 aliphatic heterocycles. The third-order valence-corrected chi connectivity index (χ3v) is 1.49. The van der Waals surface area contributed by atoms with Crippen LogP contribution in [0.2, 0.25) is 0 Å². The molecule has 0 atom stereocenters. The normalized spacial score (nSPS) is 10.8. The SMILES string of the molecule is Cc1[nH]c(N)nc1C(C)C. The highest BCUT2D eigenvalue weighted by molar-refractivity contribution is 5.26. The van der Waals surface area contributed by atoms with Crippen molar-refractivity contribution in [3.8, 4) is 0 Å². The zero-order valence-corrected chi connectivity index (χ0v) is 6.60. The minimum absolute atomic E-state index is 0.452. The maximum atomic E-state index is 5.45. The van der Waals surface area contributed by atoms with Crippen molar-refractivity contribution in [1.82, 2.24) is 9.97 Å². The number of rotatable bonds is 1. The number of aryl methyl sites for hydroxylation is 1. The lowest BCUT2D eigenvalue weighted by molar-refractivity contribution is 0.823. The largest absolute Gasteiger partial charge is 0.369 e. The van der Waals surface area contributed by atoms with Gasteiger partial charge in [0.15, 0.2) is 5.95 Å². The number of nitrogens with zero attached hydrogens (tertiary/aromatic N) is 1. The van der Waals surface area contributed by atoms with Crippen molar-refractivity contribution in [1.29, 1.82) is 0 Å². The number of imidazole rings is 1. The molecule has 10 heavy (non-hydrogen) atoms. The molecule has 0 saturated carbocycles. The van der Waals surface area contributed by atoms with Crippen LogP contribution in [0.4, 0.5) is 5.95 Å². The molecule has 0 amide bonds. The summed E-state index contributed by atoms with van der Waals surface area (Å²) in [7, 11) is 0. The summed E-state index contributed by atoms with van der Waals surface area (Å²) in [5, 5.41) is 0. The van der Waals surface area contributed by atoms with Gasteiger partial charge >= 0.3 is 0 Å². The second-order valence-electron chi connectivity index (χ2n) is 2.79. The number of nitrogens with two attached hydrogens (primary N) is 1. The maximum Gasteiger partial charge on any atom is 0.197 e. The van der Waals surface area contributed by atoms with E-state index in [1.54, 1.807) is 0 Å². The molecule has 1 heterocycles. The Balaban J connectivity index is 3.03. The van der Waals surface area contributed by atoms with Gasteiger partial charge in [-0.2, -0.15) is 0 Å². The third-order valence-electron chi connectivity index (χ3n) is 1.49. The smallest absolute Gasteiger partial charge is 0.197 e. The quantitative estimate of drug-likeness (QED) is 0.618. The Kier molecular flexibility index (Phi) is 1.66. The van der Waals surface area contributed by atoms with E-state index in [4.69, 9.17) is 5.73 Å². The van der Waals surface area contributed by atoms with Gasteiger partial charge in [0, 0.05) is 5.69 Å². The van der Waals surface area contributed by atoms with Crippen LogP contribution in [-0.4, -0.2) is 9.97 Å². The zero-order valence-electron chi connectivity index (χ0n) is 6.60. The van der Waals surface area contributed by atoms with E-state index < -0.39 is 0 Å². The molecule has 1 aromatic heterocycles. The monoisotopic (exact) mass is 139 g/mol. The van der Waals surface area contributed by atoms with Gasteiger partial charge in [0.2, 0.25) is 0 Å². The third kappa shape index (κ3) is 1.12. The summed E-state index contributed by atoms with van der Waals surface area (Å²) < 4.78 is 0. The molecule has 0 saturated heterocycles. The number of nitrogen functional groups attached to an aromatic ring is 1. The first-order valence-electron chi connectivity index (χ1n) is 3.43. The van der Waals surface area contributed by atoms with E-state index in [9.17, 15) is 0 Å². The van der Waals surface area contributed by atoms with Gasteiger partial charge in [-0.05, 0) is 12.8 Å². The zero-order chi connectivity index (χ0) is 7.72. The molecule has 0 fully saturated rings. The molecule has 0 bridgehead atoms. The molecule has 0 unspecified atom stereocenters. The van der Waals surface area contributed by atoms with Gasteiger partial charge in [0.1, 0.15) is 0 Å². The molecule has 1 rings (SSSR count). The summed E-state index contributed by atoms with van der Waals surface area (Å²) in [5.41, 5.74) is 7.59. The summed E-state index contributed by atoms with van der Waals surface area (Å²) in [6.45, 7) is 6.18. The van der Waals surface area contributed by atoms with E-state index in [0.717, 1.165) is 11.4 Å². The van der Waals surface area contributed by atoms with Crippen LogP contribution in [0.5, 0.6) is 0 Å². The van der Waals surface area contributed by atoms with E-state index in [1.807, 2.05) is 6.92 Å². The van der Waals surface area contributed by atoms with Crippen molar-refractivity contribution in [3.63, 3.8) is 0 Å². The van der Waals surface area contributed by atoms with Gasteiger partial charge in [0.05, 0.1) is 5.69 Å². The van der Waals surface area contributed by atoms with Crippen LogP contribution in [0, 0.1) is 6.92 Å². The molecule has 0 aliphatic rings. The predicted octanol–water partition coefficient (Wildman–Crippen LogP) is 1.42. The van der Waals surface area contributed by atoms with Crippen LogP contribution < -0.4 is 5.73 Å². The molecule has 1 aromatic rings. The summed E-state index contributed by atoms with van der Waals surface area (Å²) in [4.78, 5) is 7.09. The summed E-state index contributed by atoms with van der Waals surface area (Å²) >= 11 is 0. The summed E-state index contributed by atoms with van der Waals surface area (Å²) in [6.07, 6.45) is 0. The number of hydrogen-bond donors (Lipinski definition) is 2. The number of H-pyrrole nitrogens is 1. The van der Waals surface area contributed by atoms with Crippen molar-refractivity contribution in [2.45, 2.75) is 26.7 Å². The molecule has 0 radical (unpaired) electrons. The van der Waals surface area contributed by atoms with Gasteiger partial charge in [-0.25, -0.2) is 4.98 Å². The lowest BCUT2D eigenvalue weighted by Crippen LogP contribution is -1.90. The Bertz CT molecular complexity index is 225. The highest BCUT2D eigenvalue weighted by Gasteiger charge is 2.06. The average Bonchev–Trinajstić information content (AvgIpc) is 2.10. The van der Waals surface area contributed by atoms with Gasteiger partial charge in [-0.15, -0.1) is 0 Å². The number of aromatic amines is 1. The predicted molar refractivity (Wildman–Crippen MR) is 41.8 cm³/mol. The van der Waals surface area contributed by atoms with Crippen LogP contribution >= 0.6 is 0 Å². The van der Waals surface area contributed by atoms with Crippen molar-refractivity contribution in [2.24, 2.45) is 0 Å². The van der Waals surface area contributed by atoms with Crippen LogP contribution in [0.3, 0.4) is 0 Å². The number of aromatic nitrogens is 2. The molecular weight excluding hydrogens is 126 g/mol. The summed E-state index contributed by atoms with van der Waals surface area (Å²) in [6, 6.07) is 0. The fourth-order valence-corrected chi connectivity index (χ4v) is 1.06. The lowest BCUT2D eigenvalue weighted by atomic mass is 10.1. The molecule has 0 spiro atoms. The molecule has 56 valence electrons. The topological polar surface area (TPSA) is 54.7 Å². The Morgan fingerprint density at radius 3 is 2.30 bits per heavy atom. The van der Waals surface area contributed by atoms with Crippen LogP contribution in [0.15, 0.2) is 0 Å². The van der Waals surface area contributed by atoms with Gasteiger partial charge in [0.25, 0.3) is 0 Å². The van der Waals surface area contributed by atoms with Crippen molar-refractivity contribution >= 4 is 5.95 Å². The Hall–Kier alpha value is -0.990. The lowest BCUT2D eigenvalue weighted by Gasteiger charge is -1.98. The van der Waals surface area contributed by atoms with Crippen LogP contribution in [0.25, 0.3) is 0 Å². The highest BCUT2D eigenvalue weighted by atomic mass is 15.0. The first kappa shape index (κ1) is 7.12. The van der Waals surface area contributed by atoms with Crippen LogP contribution in [-0.2, 0) is 0 Å². The van der Waals surface area contributed by atoms with Crippen molar-refractivity contribution < 1.29 is 0 Å². The Labute approximate surface area is 60.7 Å². The fraction of sp³-hybridized carbons (Fsp3) is 0.571. The van der Waals surface area contributed by atoms with E-state index in [0.29, 0.717) is 11.9 Å². The van der Waals surface area contributed by atoms with E-state index >= 15 is 0 Å². The first-order chi connectivity index (χ1) is 4.61. The average molecular weight is 139 g/mol. The molecule has 0 aromatic carbocycles. The maximum absolute atomic E-state index is 5.45. The number of anilines is 1. The molecular formula is C7H13N3. The molecule has 3 heteroatoms. The van der Waals surface area contributed by atoms with Crippen molar-refractivity contribution in [2.75, 3.05) is 5.73 Å². The minimum atomic E-state index is 0.452. The minimum Gasteiger partial charge on any atom is -0.369 e. The van der Waals surface area contributed by atoms with Crippen molar-refractivity contribution in [3.05, 3.63) is 11.4 Å². The standard InChI is InChI=1S/C7H13N3/c1-4(2)6-5(3)9-7(8)10-6/h4H,1-3H3,(H3,8,9,10). The van der Waals surface area contributed by atoms with Gasteiger partial charge < -0.3 is 10.7 Å². The Morgan fingerprint density at radius 1 is 1.50 bits per heavy atom. The molecule has 3 N–H and O–H groups in total. The fourth-order valence-electron chi connectivity index (χ4n) is 1.06. The second kappa shape index (κ2) is 2.33. The number of nitrogens with one attached hydrogen (secondary N) is 1. The Morgan fingerprint density at radius 2 is 2.10 bits per heavy atom. The van der Waals surface area contributed by atoms with E-state index in [1.165, 1.54) is 0 Å². The number of hydrogen-bond acceptors (Lipinski definition) is 2. The van der Waals surface area contributed by atoms with E-state index in [2.05, 4.69) is 23.8 Å². The first-order valence-corrected chi connectivity index (χ1v) is 3.43. The molecule has 0 aliphatic carbocycles. The van der Waals surface area contributed by atoms with Gasteiger partial charge in [-0.1, -0.05) is 13.8 Å². The molecule has 3 nitrogen and oxygen atoms in total.